The monoisotopic (exact) mass is 466 g/mol. The molecule has 4 aromatic rings. The second kappa shape index (κ2) is 10.2. The van der Waals surface area contributed by atoms with Crippen molar-refractivity contribution in [3.05, 3.63) is 119 Å². The van der Waals surface area contributed by atoms with Crippen LogP contribution in [0.4, 0.5) is 4.39 Å². The normalized spacial score (nSPS) is 14.3. The van der Waals surface area contributed by atoms with Gasteiger partial charge >= 0.3 is 0 Å². The van der Waals surface area contributed by atoms with Crippen molar-refractivity contribution >= 4 is 5.91 Å². The van der Waals surface area contributed by atoms with E-state index in [0.717, 1.165) is 18.7 Å². The summed E-state index contributed by atoms with van der Waals surface area (Å²) in [5.41, 5.74) is 4.35. The summed E-state index contributed by atoms with van der Waals surface area (Å²) in [7, 11) is 0. The Labute approximate surface area is 204 Å². The lowest BCUT2D eigenvalue weighted by Crippen LogP contribution is -2.50. The Hall–Kier alpha value is -3.90. The summed E-state index contributed by atoms with van der Waals surface area (Å²) in [6.07, 6.45) is 1.59. The predicted octanol–water partition coefficient (Wildman–Crippen LogP) is 5.14. The van der Waals surface area contributed by atoms with Gasteiger partial charge in [0.2, 0.25) is 0 Å². The smallest absolute Gasteiger partial charge is 0.257 e. The number of hydrogen-bond acceptors (Lipinski definition) is 4. The van der Waals surface area contributed by atoms with Gasteiger partial charge in [-0.1, -0.05) is 60.7 Å². The second-order valence-corrected chi connectivity index (χ2v) is 8.75. The van der Waals surface area contributed by atoms with E-state index < -0.39 is 0 Å². The van der Waals surface area contributed by atoms with Crippen LogP contribution in [0.2, 0.25) is 0 Å². The largest absolute Gasteiger partial charge is 0.336 e. The molecule has 1 fully saturated rings. The highest BCUT2D eigenvalue weighted by Gasteiger charge is 2.29. The molecule has 0 bridgehead atoms. The number of aromatic nitrogens is 2. The van der Waals surface area contributed by atoms with E-state index in [2.05, 4.69) is 63.4 Å². The van der Waals surface area contributed by atoms with Crippen molar-refractivity contribution in [3.8, 4) is 11.4 Å². The Morgan fingerprint density at radius 2 is 1.40 bits per heavy atom. The Morgan fingerprint density at radius 1 is 0.829 bits per heavy atom. The zero-order valence-corrected chi connectivity index (χ0v) is 19.6. The maximum absolute atomic E-state index is 13.3. The van der Waals surface area contributed by atoms with Gasteiger partial charge in [0.15, 0.2) is 5.82 Å². The molecule has 1 saturated heterocycles. The van der Waals surface area contributed by atoms with E-state index in [1.807, 2.05) is 24.0 Å². The van der Waals surface area contributed by atoms with Crippen LogP contribution in [0.1, 0.15) is 33.2 Å². The van der Waals surface area contributed by atoms with Crippen molar-refractivity contribution in [2.45, 2.75) is 13.0 Å². The lowest BCUT2D eigenvalue weighted by atomic mass is 9.96. The van der Waals surface area contributed by atoms with Gasteiger partial charge in [-0.3, -0.25) is 9.69 Å². The molecule has 0 atom stereocenters. The molecule has 1 aromatic heterocycles. The van der Waals surface area contributed by atoms with Crippen molar-refractivity contribution in [3.63, 3.8) is 0 Å². The Bertz CT molecular complexity index is 1250. The molecule has 176 valence electrons. The quantitative estimate of drug-likeness (QED) is 0.409. The van der Waals surface area contributed by atoms with Gasteiger partial charge in [0.05, 0.1) is 17.3 Å². The average molecular weight is 467 g/mol. The molecule has 0 spiro atoms. The lowest BCUT2D eigenvalue weighted by molar-refractivity contribution is 0.0596. The number of amides is 1. The molecule has 1 amide bonds. The number of carbonyl (C=O) groups is 1. The molecule has 3 aromatic carbocycles. The first-order chi connectivity index (χ1) is 17.1. The fraction of sp³-hybridized carbons (Fsp3) is 0.207. The molecule has 0 saturated carbocycles. The molecule has 0 aliphatic carbocycles. The maximum Gasteiger partial charge on any atom is 0.257 e. The third-order valence-corrected chi connectivity index (χ3v) is 6.51. The Morgan fingerprint density at radius 3 is 1.94 bits per heavy atom. The Kier molecular flexibility index (Phi) is 6.64. The number of rotatable bonds is 5. The maximum atomic E-state index is 13.3. The summed E-state index contributed by atoms with van der Waals surface area (Å²) in [4.78, 5) is 26.5. The standard InChI is InChI=1S/C29H27FN4O/c1-21-26(20-31-28(32-21)24-12-14-25(30)15-13-24)29(35)34-18-16-33(17-19-34)27(22-8-4-2-5-9-22)23-10-6-3-7-11-23/h2-15,20,27H,16-19H2,1H3. The molecule has 5 nitrogen and oxygen atoms in total. The van der Waals surface area contributed by atoms with Crippen LogP contribution in [0, 0.1) is 12.7 Å². The highest BCUT2D eigenvalue weighted by Crippen LogP contribution is 2.29. The number of nitrogens with zero attached hydrogens (tertiary/aromatic N) is 4. The van der Waals surface area contributed by atoms with Crippen molar-refractivity contribution in [1.82, 2.24) is 19.8 Å². The van der Waals surface area contributed by atoms with Crippen LogP contribution in [0.3, 0.4) is 0 Å². The zero-order valence-electron chi connectivity index (χ0n) is 19.6. The topological polar surface area (TPSA) is 49.3 Å². The van der Waals surface area contributed by atoms with E-state index in [4.69, 9.17) is 0 Å². The molecule has 2 heterocycles. The molecule has 5 rings (SSSR count). The van der Waals surface area contributed by atoms with Gasteiger partial charge in [0, 0.05) is 37.9 Å². The van der Waals surface area contributed by atoms with Gasteiger partial charge in [-0.05, 0) is 42.3 Å². The van der Waals surface area contributed by atoms with Crippen molar-refractivity contribution in [1.29, 1.82) is 0 Å². The molecule has 0 unspecified atom stereocenters. The van der Waals surface area contributed by atoms with E-state index in [1.165, 1.54) is 23.3 Å². The van der Waals surface area contributed by atoms with E-state index in [1.54, 1.807) is 18.3 Å². The number of piperazine rings is 1. The number of hydrogen-bond donors (Lipinski definition) is 0. The summed E-state index contributed by atoms with van der Waals surface area (Å²) in [5, 5.41) is 0. The summed E-state index contributed by atoms with van der Waals surface area (Å²) in [6, 6.07) is 27.2. The minimum absolute atomic E-state index is 0.0521. The molecule has 1 aliphatic heterocycles. The molecule has 35 heavy (non-hydrogen) atoms. The number of halogens is 1. The fourth-order valence-corrected chi connectivity index (χ4v) is 4.65. The van der Waals surface area contributed by atoms with Gasteiger partial charge in [0.25, 0.3) is 5.91 Å². The van der Waals surface area contributed by atoms with Crippen LogP contribution in [-0.2, 0) is 0 Å². The van der Waals surface area contributed by atoms with E-state index in [-0.39, 0.29) is 17.8 Å². The molecule has 6 heteroatoms. The summed E-state index contributed by atoms with van der Waals surface area (Å²) < 4.78 is 13.2. The van der Waals surface area contributed by atoms with Crippen molar-refractivity contribution in [2.24, 2.45) is 0 Å². The minimum atomic E-state index is -0.307. The fourth-order valence-electron chi connectivity index (χ4n) is 4.65. The first kappa shape index (κ1) is 22.9. The molecule has 1 aliphatic rings. The molecular formula is C29H27FN4O. The number of carbonyl (C=O) groups excluding carboxylic acids is 1. The van der Waals surface area contributed by atoms with E-state index in [0.29, 0.717) is 30.2 Å². The van der Waals surface area contributed by atoms with Gasteiger partial charge in [-0.25, -0.2) is 14.4 Å². The highest BCUT2D eigenvalue weighted by atomic mass is 19.1. The highest BCUT2D eigenvalue weighted by molar-refractivity contribution is 5.95. The average Bonchev–Trinajstić information content (AvgIpc) is 2.90. The zero-order chi connectivity index (χ0) is 24.2. The summed E-state index contributed by atoms with van der Waals surface area (Å²) in [5.74, 6) is 0.124. The second-order valence-electron chi connectivity index (χ2n) is 8.75. The third kappa shape index (κ3) is 4.98. The molecule has 0 N–H and O–H groups in total. The summed E-state index contributed by atoms with van der Waals surface area (Å²) >= 11 is 0. The van der Waals surface area contributed by atoms with Crippen LogP contribution in [-0.4, -0.2) is 51.9 Å². The predicted molar refractivity (Wildman–Crippen MR) is 134 cm³/mol. The lowest BCUT2D eigenvalue weighted by Gasteiger charge is -2.39. The molecule has 0 radical (unpaired) electrons. The van der Waals surface area contributed by atoms with Gasteiger partial charge in [-0.2, -0.15) is 0 Å². The van der Waals surface area contributed by atoms with Gasteiger partial charge < -0.3 is 4.90 Å². The minimum Gasteiger partial charge on any atom is -0.336 e. The third-order valence-electron chi connectivity index (χ3n) is 6.51. The van der Waals surface area contributed by atoms with Crippen LogP contribution in [0.5, 0.6) is 0 Å². The van der Waals surface area contributed by atoms with Crippen molar-refractivity contribution in [2.75, 3.05) is 26.2 Å². The van der Waals surface area contributed by atoms with Gasteiger partial charge in [0.1, 0.15) is 5.82 Å². The van der Waals surface area contributed by atoms with Crippen LogP contribution in [0.15, 0.2) is 91.1 Å². The first-order valence-corrected chi connectivity index (χ1v) is 11.8. The van der Waals surface area contributed by atoms with Crippen molar-refractivity contribution < 1.29 is 9.18 Å². The van der Waals surface area contributed by atoms with Crippen LogP contribution < -0.4 is 0 Å². The van der Waals surface area contributed by atoms with Crippen LogP contribution >= 0.6 is 0 Å². The SMILES string of the molecule is Cc1nc(-c2ccc(F)cc2)ncc1C(=O)N1CCN(C(c2ccccc2)c2ccccc2)CC1. The molecular weight excluding hydrogens is 439 g/mol. The van der Waals surface area contributed by atoms with Gasteiger partial charge in [-0.15, -0.1) is 0 Å². The van der Waals surface area contributed by atoms with Crippen LogP contribution in [0.25, 0.3) is 11.4 Å². The number of aryl methyl sites for hydroxylation is 1. The number of benzene rings is 3. The first-order valence-electron chi connectivity index (χ1n) is 11.8. The summed E-state index contributed by atoms with van der Waals surface area (Å²) in [6.45, 7) is 4.63. The van der Waals surface area contributed by atoms with E-state index >= 15 is 0 Å². The van der Waals surface area contributed by atoms with E-state index in [9.17, 15) is 9.18 Å². The Balaban J connectivity index is 1.31.